The topological polar surface area (TPSA) is 17.8 Å². The van der Waals surface area contributed by atoms with Crippen molar-refractivity contribution < 1.29 is 0 Å². The SMILES string of the molecule is CC(Br)Cc1cc(C(C)(C)C)nn1C. The third-order valence-corrected chi connectivity index (χ3v) is 2.56. The van der Waals surface area contributed by atoms with E-state index in [1.165, 1.54) is 11.4 Å². The van der Waals surface area contributed by atoms with Gasteiger partial charge in [0.25, 0.3) is 0 Å². The van der Waals surface area contributed by atoms with E-state index in [0.29, 0.717) is 4.83 Å². The van der Waals surface area contributed by atoms with Gasteiger partial charge in [0.1, 0.15) is 0 Å². The molecule has 3 heteroatoms. The van der Waals surface area contributed by atoms with Crippen LogP contribution >= 0.6 is 15.9 Å². The summed E-state index contributed by atoms with van der Waals surface area (Å²) in [5, 5.41) is 4.53. The van der Waals surface area contributed by atoms with E-state index in [4.69, 9.17) is 0 Å². The summed E-state index contributed by atoms with van der Waals surface area (Å²) >= 11 is 3.56. The summed E-state index contributed by atoms with van der Waals surface area (Å²) < 4.78 is 1.98. The number of aryl methyl sites for hydroxylation is 1. The van der Waals surface area contributed by atoms with Crippen LogP contribution in [0.5, 0.6) is 0 Å². The number of hydrogen-bond donors (Lipinski definition) is 0. The highest BCUT2D eigenvalue weighted by Gasteiger charge is 2.19. The predicted molar refractivity (Wildman–Crippen MR) is 64.0 cm³/mol. The van der Waals surface area contributed by atoms with Gasteiger partial charge in [0.05, 0.1) is 5.69 Å². The average molecular weight is 259 g/mol. The molecule has 0 fully saturated rings. The number of alkyl halides is 1. The highest BCUT2D eigenvalue weighted by atomic mass is 79.9. The Morgan fingerprint density at radius 1 is 1.50 bits per heavy atom. The van der Waals surface area contributed by atoms with E-state index in [1.807, 2.05) is 11.7 Å². The average Bonchev–Trinajstić information content (AvgIpc) is 2.30. The third kappa shape index (κ3) is 2.84. The first-order valence-corrected chi connectivity index (χ1v) is 5.89. The van der Waals surface area contributed by atoms with Gasteiger partial charge in [0.2, 0.25) is 0 Å². The first-order valence-electron chi connectivity index (χ1n) is 4.98. The van der Waals surface area contributed by atoms with Gasteiger partial charge in [0.15, 0.2) is 0 Å². The van der Waals surface area contributed by atoms with Crippen LogP contribution in [0.15, 0.2) is 6.07 Å². The molecule has 1 rings (SSSR count). The normalized spacial score (nSPS) is 14.4. The van der Waals surface area contributed by atoms with E-state index in [-0.39, 0.29) is 5.41 Å². The van der Waals surface area contributed by atoms with Gasteiger partial charge < -0.3 is 0 Å². The van der Waals surface area contributed by atoms with Gasteiger partial charge in [-0.25, -0.2) is 0 Å². The van der Waals surface area contributed by atoms with Crippen molar-refractivity contribution in [2.24, 2.45) is 7.05 Å². The van der Waals surface area contributed by atoms with Crippen molar-refractivity contribution in [3.8, 4) is 0 Å². The van der Waals surface area contributed by atoms with Crippen molar-refractivity contribution in [2.75, 3.05) is 0 Å². The fourth-order valence-electron chi connectivity index (χ4n) is 1.35. The number of nitrogens with zero attached hydrogens (tertiary/aromatic N) is 2. The summed E-state index contributed by atoms with van der Waals surface area (Å²) in [5.41, 5.74) is 2.61. The second kappa shape index (κ2) is 4.05. The smallest absolute Gasteiger partial charge is 0.0680 e. The lowest BCUT2D eigenvalue weighted by Gasteiger charge is -2.13. The lowest BCUT2D eigenvalue weighted by Crippen LogP contribution is -2.12. The van der Waals surface area contributed by atoms with Crippen LogP contribution in [-0.4, -0.2) is 14.6 Å². The zero-order valence-corrected chi connectivity index (χ0v) is 11.2. The Labute approximate surface area is 94.8 Å². The molecule has 80 valence electrons. The van der Waals surface area contributed by atoms with Gasteiger partial charge in [0, 0.05) is 29.4 Å². The third-order valence-electron chi connectivity index (χ3n) is 2.24. The molecule has 0 N–H and O–H groups in total. The van der Waals surface area contributed by atoms with E-state index in [1.54, 1.807) is 0 Å². The monoisotopic (exact) mass is 258 g/mol. The molecule has 0 aromatic carbocycles. The minimum atomic E-state index is 0.144. The van der Waals surface area contributed by atoms with Gasteiger partial charge in [-0.3, -0.25) is 4.68 Å². The Morgan fingerprint density at radius 2 is 2.07 bits per heavy atom. The fraction of sp³-hybridized carbons (Fsp3) is 0.727. The molecule has 0 spiro atoms. The molecule has 1 heterocycles. The Hall–Kier alpha value is -0.310. The standard InChI is InChI=1S/C11H19BrN2/c1-8(12)6-9-7-10(11(2,3)4)13-14(9)5/h7-8H,6H2,1-5H3. The summed E-state index contributed by atoms with van der Waals surface area (Å²) in [4.78, 5) is 0.505. The Morgan fingerprint density at radius 3 is 2.43 bits per heavy atom. The quantitative estimate of drug-likeness (QED) is 0.746. The van der Waals surface area contributed by atoms with Gasteiger partial charge in [-0.1, -0.05) is 43.6 Å². The van der Waals surface area contributed by atoms with Crippen LogP contribution in [0, 0.1) is 0 Å². The molecular formula is C11H19BrN2. The Bertz CT molecular complexity index is 308. The molecule has 0 radical (unpaired) electrons. The maximum atomic E-state index is 4.53. The first kappa shape index (κ1) is 11.8. The summed E-state index contributed by atoms with van der Waals surface area (Å²) in [5.74, 6) is 0. The van der Waals surface area contributed by atoms with Crippen molar-refractivity contribution in [3.05, 3.63) is 17.5 Å². The molecule has 0 aliphatic carbocycles. The maximum absolute atomic E-state index is 4.53. The molecule has 14 heavy (non-hydrogen) atoms. The van der Waals surface area contributed by atoms with Crippen LogP contribution in [0.25, 0.3) is 0 Å². The van der Waals surface area contributed by atoms with Crippen molar-refractivity contribution >= 4 is 15.9 Å². The van der Waals surface area contributed by atoms with Crippen LogP contribution in [-0.2, 0) is 18.9 Å². The number of hydrogen-bond acceptors (Lipinski definition) is 1. The van der Waals surface area contributed by atoms with E-state index in [9.17, 15) is 0 Å². The van der Waals surface area contributed by atoms with Crippen molar-refractivity contribution in [1.29, 1.82) is 0 Å². The van der Waals surface area contributed by atoms with Gasteiger partial charge in [-0.15, -0.1) is 0 Å². The predicted octanol–water partition coefficient (Wildman–Crippen LogP) is 3.04. The van der Waals surface area contributed by atoms with Crippen LogP contribution < -0.4 is 0 Å². The molecule has 0 amide bonds. The summed E-state index contributed by atoms with van der Waals surface area (Å²) in [6.45, 7) is 8.73. The molecule has 1 unspecified atom stereocenters. The van der Waals surface area contributed by atoms with E-state index in [0.717, 1.165) is 6.42 Å². The zero-order chi connectivity index (χ0) is 10.9. The number of halogens is 1. The second-order valence-electron chi connectivity index (χ2n) is 4.88. The van der Waals surface area contributed by atoms with Crippen LogP contribution in [0.4, 0.5) is 0 Å². The highest BCUT2D eigenvalue weighted by molar-refractivity contribution is 9.09. The highest BCUT2D eigenvalue weighted by Crippen LogP contribution is 2.22. The zero-order valence-electron chi connectivity index (χ0n) is 9.63. The van der Waals surface area contributed by atoms with Gasteiger partial charge >= 0.3 is 0 Å². The summed E-state index contributed by atoms with van der Waals surface area (Å²) in [6, 6.07) is 2.21. The lowest BCUT2D eigenvalue weighted by atomic mass is 9.92. The molecule has 0 bridgehead atoms. The minimum Gasteiger partial charge on any atom is -0.272 e. The molecule has 2 nitrogen and oxygen atoms in total. The Balaban J connectivity index is 2.94. The van der Waals surface area contributed by atoms with Gasteiger partial charge in [-0.05, 0) is 6.07 Å². The molecular weight excluding hydrogens is 240 g/mol. The van der Waals surface area contributed by atoms with E-state index in [2.05, 4.69) is 54.8 Å². The minimum absolute atomic E-state index is 0.144. The molecule has 1 aromatic rings. The van der Waals surface area contributed by atoms with E-state index < -0.39 is 0 Å². The fourth-order valence-corrected chi connectivity index (χ4v) is 1.68. The number of aromatic nitrogens is 2. The first-order chi connectivity index (χ1) is 6.30. The van der Waals surface area contributed by atoms with Gasteiger partial charge in [-0.2, -0.15) is 5.10 Å². The molecule has 1 aromatic heterocycles. The lowest BCUT2D eigenvalue weighted by molar-refractivity contribution is 0.551. The maximum Gasteiger partial charge on any atom is 0.0680 e. The number of rotatable bonds is 2. The molecule has 0 aliphatic rings. The van der Waals surface area contributed by atoms with Crippen molar-refractivity contribution in [3.63, 3.8) is 0 Å². The molecule has 0 saturated heterocycles. The summed E-state index contributed by atoms with van der Waals surface area (Å²) in [6.07, 6.45) is 1.03. The van der Waals surface area contributed by atoms with E-state index >= 15 is 0 Å². The Kier molecular flexibility index (Phi) is 3.40. The molecule has 1 atom stereocenters. The largest absolute Gasteiger partial charge is 0.272 e. The molecule has 0 saturated carbocycles. The van der Waals surface area contributed by atoms with Crippen LogP contribution in [0.2, 0.25) is 0 Å². The van der Waals surface area contributed by atoms with Crippen LogP contribution in [0.3, 0.4) is 0 Å². The molecule has 0 aliphatic heterocycles. The van der Waals surface area contributed by atoms with Crippen molar-refractivity contribution in [2.45, 2.75) is 44.4 Å². The summed E-state index contributed by atoms with van der Waals surface area (Å²) in [7, 11) is 2.01. The van der Waals surface area contributed by atoms with Crippen LogP contribution in [0.1, 0.15) is 39.1 Å². The second-order valence-corrected chi connectivity index (χ2v) is 6.44. The van der Waals surface area contributed by atoms with Crippen molar-refractivity contribution in [1.82, 2.24) is 9.78 Å².